The number of phenols is 1. The number of allylic oxidation sites excluding steroid dienone is 2. The van der Waals surface area contributed by atoms with E-state index in [1.54, 1.807) is 17.2 Å². The molecule has 0 aromatic heterocycles. The molecule has 1 N–H and O–H groups in total. The van der Waals surface area contributed by atoms with E-state index in [0.717, 1.165) is 12.3 Å². The van der Waals surface area contributed by atoms with Gasteiger partial charge < -0.3 is 10.0 Å². The third-order valence-electron chi connectivity index (χ3n) is 6.26. The molecule has 2 heteroatoms. The zero-order chi connectivity index (χ0) is 15.3. The number of aromatic hydroxyl groups is 1. The predicted octanol–water partition coefficient (Wildman–Crippen LogP) is 4.10. The van der Waals surface area contributed by atoms with Crippen LogP contribution in [0.5, 0.6) is 5.75 Å². The van der Waals surface area contributed by atoms with Crippen molar-refractivity contribution < 1.29 is 5.11 Å². The zero-order valence-corrected chi connectivity index (χ0v) is 13.8. The van der Waals surface area contributed by atoms with Crippen LogP contribution in [0.25, 0.3) is 0 Å². The summed E-state index contributed by atoms with van der Waals surface area (Å²) in [5.74, 6) is 2.07. The minimum Gasteiger partial charge on any atom is -0.508 e. The van der Waals surface area contributed by atoms with Crippen LogP contribution in [-0.2, 0) is 5.41 Å². The summed E-state index contributed by atoms with van der Waals surface area (Å²) in [6.07, 6.45) is 5.24. The van der Waals surface area contributed by atoms with Gasteiger partial charge >= 0.3 is 0 Å². The molecule has 2 atom stereocenters. The van der Waals surface area contributed by atoms with Crippen molar-refractivity contribution in [1.82, 2.24) is 4.90 Å². The predicted molar refractivity (Wildman–Crippen MR) is 90.0 cm³/mol. The van der Waals surface area contributed by atoms with Crippen molar-refractivity contribution in [3.05, 3.63) is 41.0 Å². The molecule has 1 aliphatic heterocycles. The van der Waals surface area contributed by atoms with Gasteiger partial charge in [-0.25, -0.2) is 0 Å². The molecule has 2 unspecified atom stereocenters. The van der Waals surface area contributed by atoms with Crippen molar-refractivity contribution in [3.63, 3.8) is 0 Å². The highest BCUT2D eigenvalue weighted by Gasteiger charge is 2.50. The maximum Gasteiger partial charge on any atom is 0.115 e. The first-order valence-electron chi connectivity index (χ1n) is 8.74. The highest BCUT2D eigenvalue weighted by molar-refractivity contribution is 5.39. The Labute approximate surface area is 133 Å². The molecule has 1 saturated carbocycles. The molecular weight excluding hydrogens is 270 g/mol. The molecule has 2 fully saturated rings. The van der Waals surface area contributed by atoms with Gasteiger partial charge in [-0.3, -0.25) is 0 Å². The molecule has 0 bridgehead atoms. The van der Waals surface area contributed by atoms with Gasteiger partial charge in [0.15, 0.2) is 0 Å². The Morgan fingerprint density at radius 1 is 1.23 bits per heavy atom. The van der Waals surface area contributed by atoms with Crippen LogP contribution in [0.3, 0.4) is 0 Å². The number of likely N-dealkylation sites (tertiary alicyclic amines) is 1. The minimum absolute atomic E-state index is 0.219. The van der Waals surface area contributed by atoms with Gasteiger partial charge in [0.2, 0.25) is 0 Å². The zero-order valence-electron chi connectivity index (χ0n) is 13.8. The molecule has 118 valence electrons. The second-order valence-electron chi connectivity index (χ2n) is 7.98. The Hall–Kier alpha value is -1.28. The van der Waals surface area contributed by atoms with Crippen LogP contribution in [0.15, 0.2) is 35.4 Å². The van der Waals surface area contributed by atoms with Gasteiger partial charge in [0, 0.05) is 25.0 Å². The number of nitrogens with zero attached hydrogens (tertiary/aromatic N) is 1. The Morgan fingerprint density at radius 2 is 2.05 bits per heavy atom. The molecule has 2 aliphatic carbocycles. The van der Waals surface area contributed by atoms with Crippen molar-refractivity contribution in [1.29, 1.82) is 0 Å². The van der Waals surface area contributed by atoms with E-state index in [9.17, 15) is 5.11 Å². The van der Waals surface area contributed by atoms with Gasteiger partial charge in [-0.2, -0.15) is 0 Å². The van der Waals surface area contributed by atoms with E-state index in [2.05, 4.69) is 24.8 Å². The van der Waals surface area contributed by atoms with E-state index in [4.69, 9.17) is 0 Å². The molecule has 1 saturated heterocycles. The van der Waals surface area contributed by atoms with Gasteiger partial charge in [0.1, 0.15) is 5.75 Å². The SMILES string of the molecule is CC1=C(C)CC2(c3cccc(O)c3)CN(CC3CC3)CC2C1. The molecule has 0 amide bonds. The molecule has 4 rings (SSSR count). The Balaban J connectivity index is 1.70. The highest BCUT2D eigenvalue weighted by Crippen LogP contribution is 2.51. The molecule has 2 nitrogen and oxygen atoms in total. The lowest BCUT2D eigenvalue weighted by molar-refractivity contribution is 0.292. The Kier molecular flexibility index (Phi) is 3.34. The lowest BCUT2D eigenvalue weighted by atomic mass is 9.63. The summed E-state index contributed by atoms with van der Waals surface area (Å²) < 4.78 is 0. The van der Waals surface area contributed by atoms with Crippen molar-refractivity contribution in [2.24, 2.45) is 11.8 Å². The fourth-order valence-electron chi connectivity index (χ4n) is 4.76. The maximum absolute atomic E-state index is 9.97. The van der Waals surface area contributed by atoms with Crippen molar-refractivity contribution in [3.8, 4) is 5.75 Å². The fraction of sp³-hybridized carbons (Fsp3) is 0.600. The van der Waals surface area contributed by atoms with Crippen molar-refractivity contribution >= 4 is 0 Å². The maximum atomic E-state index is 9.97. The Morgan fingerprint density at radius 3 is 2.77 bits per heavy atom. The van der Waals surface area contributed by atoms with Crippen LogP contribution in [0.2, 0.25) is 0 Å². The minimum atomic E-state index is 0.219. The van der Waals surface area contributed by atoms with Crippen LogP contribution >= 0.6 is 0 Å². The van der Waals surface area contributed by atoms with Crippen LogP contribution < -0.4 is 0 Å². The molecule has 1 heterocycles. The molecule has 0 spiro atoms. The summed E-state index contributed by atoms with van der Waals surface area (Å²) >= 11 is 0. The normalized spacial score (nSPS) is 32.4. The lowest BCUT2D eigenvalue weighted by Crippen LogP contribution is -2.38. The first kappa shape index (κ1) is 14.3. The van der Waals surface area contributed by atoms with Crippen LogP contribution in [0, 0.1) is 11.8 Å². The van der Waals surface area contributed by atoms with E-state index >= 15 is 0 Å². The standard InChI is InChI=1S/C20H27NO/c1-14-8-18-12-21(11-16-6-7-16)13-20(18,10-15(14)2)17-4-3-5-19(22)9-17/h3-5,9,16,18,22H,6-8,10-13H2,1-2H3. The van der Waals surface area contributed by atoms with Gasteiger partial charge in [0.25, 0.3) is 0 Å². The number of rotatable bonds is 3. The number of benzene rings is 1. The second-order valence-corrected chi connectivity index (χ2v) is 7.98. The molecular formula is C20H27NO. The monoisotopic (exact) mass is 297 g/mol. The summed E-state index contributed by atoms with van der Waals surface area (Å²) in [5, 5.41) is 9.97. The van der Waals surface area contributed by atoms with E-state index in [1.165, 1.54) is 44.5 Å². The third-order valence-corrected chi connectivity index (χ3v) is 6.26. The number of phenolic OH excluding ortho intramolecular Hbond substituents is 1. The quantitative estimate of drug-likeness (QED) is 0.849. The Bertz CT molecular complexity index is 616. The second kappa shape index (κ2) is 5.13. The summed E-state index contributed by atoms with van der Waals surface area (Å²) in [4.78, 5) is 2.71. The van der Waals surface area contributed by atoms with Gasteiger partial charge in [-0.05, 0) is 69.1 Å². The average molecular weight is 297 g/mol. The van der Waals surface area contributed by atoms with E-state index in [-0.39, 0.29) is 5.41 Å². The van der Waals surface area contributed by atoms with Crippen molar-refractivity contribution in [2.45, 2.75) is 44.9 Å². The third kappa shape index (κ3) is 2.38. The smallest absolute Gasteiger partial charge is 0.115 e. The topological polar surface area (TPSA) is 23.5 Å². The average Bonchev–Trinajstić information content (AvgIpc) is 3.21. The van der Waals surface area contributed by atoms with Gasteiger partial charge in [-0.15, -0.1) is 0 Å². The molecule has 1 aromatic carbocycles. The molecule has 0 radical (unpaired) electrons. The summed E-state index contributed by atoms with van der Waals surface area (Å²) in [7, 11) is 0. The molecule has 22 heavy (non-hydrogen) atoms. The summed E-state index contributed by atoms with van der Waals surface area (Å²) in [6, 6.07) is 8.06. The van der Waals surface area contributed by atoms with Gasteiger partial charge in [0.05, 0.1) is 0 Å². The molecule has 3 aliphatic rings. The van der Waals surface area contributed by atoms with Crippen LogP contribution in [0.4, 0.5) is 0 Å². The van der Waals surface area contributed by atoms with E-state index in [1.807, 2.05) is 12.1 Å². The van der Waals surface area contributed by atoms with Crippen LogP contribution in [-0.4, -0.2) is 29.6 Å². The summed E-state index contributed by atoms with van der Waals surface area (Å²) in [5.41, 5.74) is 4.72. The lowest BCUT2D eigenvalue weighted by Gasteiger charge is -2.40. The molecule has 1 aromatic rings. The largest absolute Gasteiger partial charge is 0.508 e. The number of hydrogen-bond donors (Lipinski definition) is 1. The van der Waals surface area contributed by atoms with Gasteiger partial charge in [-0.1, -0.05) is 23.3 Å². The fourth-order valence-corrected chi connectivity index (χ4v) is 4.76. The van der Waals surface area contributed by atoms with Crippen molar-refractivity contribution in [2.75, 3.05) is 19.6 Å². The number of hydrogen-bond acceptors (Lipinski definition) is 2. The first-order chi connectivity index (χ1) is 10.6. The number of fused-ring (bicyclic) bond motifs is 1. The van der Waals surface area contributed by atoms with E-state index < -0.39 is 0 Å². The first-order valence-corrected chi connectivity index (χ1v) is 8.74. The van der Waals surface area contributed by atoms with E-state index in [0.29, 0.717) is 11.7 Å². The summed E-state index contributed by atoms with van der Waals surface area (Å²) in [6.45, 7) is 8.30. The van der Waals surface area contributed by atoms with Crippen LogP contribution in [0.1, 0.15) is 45.1 Å². The highest BCUT2D eigenvalue weighted by atomic mass is 16.3.